The lowest BCUT2D eigenvalue weighted by molar-refractivity contribution is -0.385. The molecule has 0 saturated carbocycles. The third-order valence-corrected chi connectivity index (χ3v) is 3.89. The van der Waals surface area contributed by atoms with Crippen LogP contribution in [0.25, 0.3) is 0 Å². The van der Waals surface area contributed by atoms with Crippen molar-refractivity contribution in [1.29, 1.82) is 0 Å². The number of carbonyl (C=O) groups is 1. The number of amides is 1. The van der Waals surface area contributed by atoms with Crippen molar-refractivity contribution in [3.8, 4) is 0 Å². The number of carbonyl (C=O) groups excluding carboxylic acids is 1. The van der Waals surface area contributed by atoms with E-state index >= 15 is 0 Å². The topological polar surface area (TPSA) is 84.6 Å². The van der Waals surface area contributed by atoms with Crippen molar-refractivity contribution in [1.82, 2.24) is 5.43 Å². The van der Waals surface area contributed by atoms with E-state index < -0.39 is 10.8 Å². The largest absolute Gasteiger partial charge is 0.272 e. The molecule has 2 aromatic carbocycles. The van der Waals surface area contributed by atoms with Crippen LogP contribution < -0.4 is 5.43 Å². The molecule has 0 aliphatic heterocycles. The first-order valence-corrected chi connectivity index (χ1v) is 7.96. The van der Waals surface area contributed by atoms with Gasteiger partial charge in [0, 0.05) is 22.1 Å². The highest BCUT2D eigenvalue weighted by Crippen LogP contribution is 2.18. The Morgan fingerprint density at radius 1 is 1.26 bits per heavy atom. The van der Waals surface area contributed by atoms with Crippen molar-refractivity contribution >= 4 is 29.6 Å². The summed E-state index contributed by atoms with van der Waals surface area (Å²) in [4.78, 5) is 23.4. The number of nitrogens with one attached hydrogen (secondary N) is 1. The molecule has 0 aromatic heterocycles. The van der Waals surface area contributed by atoms with Crippen LogP contribution in [0.2, 0.25) is 0 Å². The lowest BCUT2D eigenvalue weighted by Gasteiger charge is -2.02. The van der Waals surface area contributed by atoms with Gasteiger partial charge in [-0.25, -0.2) is 5.43 Å². The number of benzene rings is 2. The predicted molar refractivity (Wildman–Crippen MR) is 91.1 cm³/mol. The zero-order chi connectivity index (χ0) is 16.8. The molecule has 23 heavy (non-hydrogen) atoms. The maximum absolute atomic E-state index is 12.0. The molecule has 7 heteroatoms. The zero-order valence-electron chi connectivity index (χ0n) is 12.6. The Labute approximate surface area is 137 Å². The van der Waals surface area contributed by atoms with Crippen molar-refractivity contribution in [2.24, 2.45) is 5.10 Å². The van der Waals surface area contributed by atoms with Gasteiger partial charge in [-0.3, -0.25) is 14.9 Å². The summed E-state index contributed by atoms with van der Waals surface area (Å²) in [5, 5.41) is 14.7. The van der Waals surface area contributed by atoms with Crippen LogP contribution in [0.4, 0.5) is 5.69 Å². The van der Waals surface area contributed by atoms with E-state index in [2.05, 4.69) is 10.5 Å². The molecule has 6 nitrogen and oxygen atoms in total. The molecule has 0 aliphatic rings. The van der Waals surface area contributed by atoms with E-state index in [1.54, 1.807) is 24.9 Å². The molecule has 2 aromatic rings. The average Bonchev–Trinajstić information content (AvgIpc) is 2.55. The van der Waals surface area contributed by atoms with Gasteiger partial charge >= 0.3 is 0 Å². The highest BCUT2D eigenvalue weighted by molar-refractivity contribution is 7.98. The van der Waals surface area contributed by atoms with Crippen LogP contribution in [0.5, 0.6) is 0 Å². The lowest BCUT2D eigenvalue weighted by Crippen LogP contribution is -2.17. The second kappa shape index (κ2) is 7.55. The minimum absolute atomic E-state index is 0.0149. The van der Waals surface area contributed by atoms with Crippen molar-refractivity contribution < 1.29 is 9.72 Å². The number of rotatable bonds is 5. The zero-order valence-corrected chi connectivity index (χ0v) is 13.5. The first-order chi connectivity index (χ1) is 11.0. The van der Waals surface area contributed by atoms with Gasteiger partial charge in [-0.1, -0.05) is 12.1 Å². The molecule has 0 saturated heterocycles. The fraction of sp³-hybridized carbons (Fsp3) is 0.125. The molecule has 0 bridgehead atoms. The molecule has 2 rings (SSSR count). The van der Waals surface area contributed by atoms with Crippen LogP contribution in [0, 0.1) is 17.0 Å². The standard InChI is InChI=1S/C16H15N3O3S/c1-11-9-13(5-8-15(11)19(21)22)16(20)18-17-10-12-3-6-14(23-2)7-4-12/h3-10H,1-2H3,(H,18,20)/b17-10+. The Balaban J connectivity index is 2.02. The Morgan fingerprint density at radius 2 is 1.96 bits per heavy atom. The summed E-state index contributed by atoms with van der Waals surface area (Å²) in [5.74, 6) is -0.417. The average molecular weight is 329 g/mol. The fourth-order valence-electron chi connectivity index (χ4n) is 1.92. The van der Waals surface area contributed by atoms with E-state index in [-0.39, 0.29) is 5.69 Å². The highest BCUT2D eigenvalue weighted by atomic mass is 32.2. The van der Waals surface area contributed by atoms with Crippen LogP contribution in [0.1, 0.15) is 21.5 Å². The fourth-order valence-corrected chi connectivity index (χ4v) is 2.33. The van der Waals surface area contributed by atoms with Gasteiger partial charge in [0.25, 0.3) is 11.6 Å². The van der Waals surface area contributed by atoms with Crippen LogP contribution in [-0.2, 0) is 0 Å². The summed E-state index contributed by atoms with van der Waals surface area (Å²) >= 11 is 1.65. The molecule has 0 spiro atoms. The molecule has 0 atom stereocenters. The Kier molecular flexibility index (Phi) is 5.48. The Morgan fingerprint density at radius 3 is 2.52 bits per heavy atom. The first-order valence-electron chi connectivity index (χ1n) is 6.74. The van der Waals surface area contributed by atoms with Crippen molar-refractivity contribution in [2.75, 3.05) is 6.26 Å². The monoisotopic (exact) mass is 329 g/mol. The number of hydrogen-bond acceptors (Lipinski definition) is 5. The first kappa shape index (κ1) is 16.7. The number of nitrogens with zero attached hydrogens (tertiary/aromatic N) is 2. The smallest absolute Gasteiger partial charge is 0.267 e. The van der Waals surface area contributed by atoms with Gasteiger partial charge in [0.05, 0.1) is 11.1 Å². The Hall–Kier alpha value is -2.67. The van der Waals surface area contributed by atoms with Gasteiger partial charge in [-0.2, -0.15) is 5.10 Å². The summed E-state index contributed by atoms with van der Waals surface area (Å²) < 4.78 is 0. The number of thioether (sulfide) groups is 1. The van der Waals surface area contributed by atoms with E-state index in [0.29, 0.717) is 11.1 Å². The van der Waals surface area contributed by atoms with Gasteiger partial charge in [0.15, 0.2) is 0 Å². The molecule has 1 N–H and O–H groups in total. The molecule has 0 radical (unpaired) electrons. The summed E-state index contributed by atoms with van der Waals surface area (Å²) in [6.07, 6.45) is 3.54. The van der Waals surface area contributed by atoms with Crippen LogP contribution in [0.3, 0.4) is 0 Å². The summed E-state index contributed by atoms with van der Waals surface area (Å²) in [6, 6.07) is 11.9. The van der Waals surface area contributed by atoms with Crippen molar-refractivity contribution in [3.05, 3.63) is 69.3 Å². The van der Waals surface area contributed by atoms with Gasteiger partial charge in [0.1, 0.15) is 0 Å². The van der Waals surface area contributed by atoms with Crippen molar-refractivity contribution in [3.63, 3.8) is 0 Å². The normalized spacial score (nSPS) is 10.7. The molecule has 0 fully saturated rings. The van der Waals surface area contributed by atoms with Crippen LogP contribution in [-0.4, -0.2) is 23.3 Å². The third-order valence-electron chi connectivity index (χ3n) is 3.15. The predicted octanol–water partition coefficient (Wildman–Crippen LogP) is 3.39. The quantitative estimate of drug-likeness (QED) is 0.394. The minimum Gasteiger partial charge on any atom is -0.267 e. The van der Waals surface area contributed by atoms with Gasteiger partial charge in [-0.05, 0) is 43.0 Å². The SMILES string of the molecule is CSc1ccc(/C=N/NC(=O)c2ccc([N+](=O)[O-])c(C)c2)cc1. The summed E-state index contributed by atoms with van der Waals surface area (Å²) in [7, 11) is 0. The highest BCUT2D eigenvalue weighted by Gasteiger charge is 2.13. The number of hydrazone groups is 1. The summed E-state index contributed by atoms with van der Waals surface area (Å²) in [6.45, 7) is 1.59. The number of nitro groups is 1. The molecule has 0 heterocycles. The van der Waals surface area contributed by atoms with Crippen LogP contribution >= 0.6 is 11.8 Å². The van der Waals surface area contributed by atoms with Crippen molar-refractivity contribution in [2.45, 2.75) is 11.8 Å². The number of aryl methyl sites for hydroxylation is 1. The number of nitro benzene ring substituents is 1. The molecular weight excluding hydrogens is 314 g/mol. The third kappa shape index (κ3) is 4.40. The second-order valence-corrected chi connectivity index (χ2v) is 5.61. The molecule has 1 amide bonds. The van der Waals surface area contributed by atoms with Gasteiger partial charge in [0.2, 0.25) is 0 Å². The molecule has 118 valence electrons. The van der Waals surface area contributed by atoms with E-state index in [1.807, 2.05) is 30.5 Å². The van der Waals surface area contributed by atoms with E-state index in [9.17, 15) is 14.9 Å². The molecule has 0 aliphatic carbocycles. The minimum atomic E-state index is -0.479. The van der Waals surface area contributed by atoms with Gasteiger partial charge < -0.3 is 0 Å². The van der Waals surface area contributed by atoms with E-state index in [4.69, 9.17) is 0 Å². The van der Waals surface area contributed by atoms with Crippen LogP contribution in [0.15, 0.2) is 52.5 Å². The second-order valence-electron chi connectivity index (χ2n) is 4.73. The number of hydrogen-bond donors (Lipinski definition) is 1. The maximum atomic E-state index is 12.0. The van der Waals surface area contributed by atoms with E-state index in [0.717, 1.165) is 10.5 Å². The maximum Gasteiger partial charge on any atom is 0.272 e. The summed E-state index contributed by atoms with van der Waals surface area (Å²) in [5.41, 5.74) is 4.01. The van der Waals surface area contributed by atoms with E-state index in [1.165, 1.54) is 18.2 Å². The molecule has 0 unspecified atom stereocenters. The lowest BCUT2D eigenvalue weighted by atomic mass is 10.1. The Bertz CT molecular complexity index is 758. The van der Waals surface area contributed by atoms with Gasteiger partial charge in [-0.15, -0.1) is 11.8 Å². The molecular formula is C16H15N3O3S.